The zero-order chi connectivity index (χ0) is 22.1. The van der Waals surface area contributed by atoms with Gasteiger partial charge in [0.25, 0.3) is 5.56 Å². The number of para-hydroxylation sites is 1. The summed E-state index contributed by atoms with van der Waals surface area (Å²) < 4.78 is 5.85. The van der Waals surface area contributed by atoms with Gasteiger partial charge in [0.05, 0.1) is 28.2 Å². The number of ether oxygens (including phenoxy) is 1. The van der Waals surface area contributed by atoms with Gasteiger partial charge in [-0.3, -0.25) is 4.79 Å². The quantitative estimate of drug-likeness (QED) is 0.248. The average Bonchev–Trinajstić information content (AvgIpc) is 2.79. The van der Waals surface area contributed by atoms with Gasteiger partial charge in [-0.15, -0.1) is 0 Å². The molecular weight excluding hydrogens is 461 g/mol. The minimum Gasteiger partial charge on any atom is -0.464 e. The van der Waals surface area contributed by atoms with Crippen LogP contribution in [-0.4, -0.2) is 44.1 Å². The number of halogens is 2. The van der Waals surface area contributed by atoms with Crippen molar-refractivity contribution in [2.24, 2.45) is 0 Å². The molecule has 0 radical (unpaired) electrons. The maximum atomic E-state index is 13.2. The van der Waals surface area contributed by atoms with Gasteiger partial charge in [0.1, 0.15) is 22.6 Å². The van der Waals surface area contributed by atoms with E-state index in [-0.39, 0.29) is 32.5 Å². The molecule has 4 aromatic rings. The van der Waals surface area contributed by atoms with Gasteiger partial charge in [-0.05, 0) is 30.5 Å². The van der Waals surface area contributed by atoms with Crippen LogP contribution >= 0.6 is 35.0 Å². The van der Waals surface area contributed by atoms with Crippen LogP contribution in [0.1, 0.15) is 10.5 Å². The first-order valence-corrected chi connectivity index (χ1v) is 10.8. The number of esters is 1. The second-order valence-electron chi connectivity index (χ2n) is 6.15. The SMILES string of the molecule is COC(=O)c1cccc(-c2nn(-c3c(Cl)cccc3Cl)c(=O)c3cnc(SC)nc23)n1. The number of methoxy groups -OCH3 is 1. The third-order valence-corrected chi connectivity index (χ3v) is 5.50. The molecule has 0 atom stereocenters. The summed E-state index contributed by atoms with van der Waals surface area (Å²) in [6.07, 6.45) is 3.24. The van der Waals surface area contributed by atoms with Crippen LogP contribution < -0.4 is 5.56 Å². The average molecular weight is 474 g/mol. The first-order chi connectivity index (χ1) is 14.9. The molecule has 0 aliphatic heterocycles. The molecule has 3 aromatic heterocycles. The van der Waals surface area contributed by atoms with E-state index < -0.39 is 11.5 Å². The van der Waals surface area contributed by atoms with Crippen molar-refractivity contribution in [1.29, 1.82) is 0 Å². The molecule has 31 heavy (non-hydrogen) atoms. The predicted molar refractivity (Wildman–Crippen MR) is 119 cm³/mol. The number of fused-ring (bicyclic) bond motifs is 1. The number of rotatable bonds is 4. The van der Waals surface area contributed by atoms with Crippen molar-refractivity contribution in [3.8, 4) is 17.1 Å². The molecule has 11 heteroatoms. The van der Waals surface area contributed by atoms with E-state index in [4.69, 9.17) is 27.9 Å². The van der Waals surface area contributed by atoms with Gasteiger partial charge < -0.3 is 4.74 Å². The van der Waals surface area contributed by atoms with Crippen LogP contribution in [-0.2, 0) is 4.74 Å². The summed E-state index contributed by atoms with van der Waals surface area (Å²) in [6.45, 7) is 0. The normalized spacial score (nSPS) is 11.0. The molecule has 0 saturated heterocycles. The van der Waals surface area contributed by atoms with Gasteiger partial charge in [0.15, 0.2) is 5.16 Å². The molecule has 0 unspecified atom stereocenters. The molecule has 0 aliphatic rings. The lowest BCUT2D eigenvalue weighted by molar-refractivity contribution is 0.0594. The van der Waals surface area contributed by atoms with E-state index in [0.717, 1.165) is 4.68 Å². The van der Waals surface area contributed by atoms with Crippen molar-refractivity contribution in [2.75, 3.05) is 13.4 Å². The summed E-state index contributed by atoms with van der Waals surface area (Å²) >= 11 is 14.0. The van der Waals surface area contributed by atoms with E-state index in [2.05, 4.69) is 20.1 Å². The monoisotopic (exact) mass is 473 g/mol. The first-order valence-electron chi connectivity index (χ1n) is 8.78. The zero-order valence-corrected chi connectivity index (χ0v) is 18.5. The maximum absolute atomic E-state index is 13.2. The van der Waals surface area contributed by atoms with Crippen molar-refractivity contribution in [3.63, 3.8) is 0 Å². The Morgan fingerprint density at radius 1 is 1.10 bits per heavy atom. The fourth-order valence-corrected chi connectivity index (χ4v) is 3.81. The van der Waals surface area contributed by atoms with Crippen LogP contribution in [0.15, 0.2) is 52.5 Å². The molecule has 3 heterocycles. The highest BCUT2D eigenvalue weighted by Crippen LogP contribution is 2.29. The summed E-state index contributed by atoms with van der Waals surface area (Å²) in [4.78, 5) is 38.2. The second kappa shape index (κ2) is 8.62. The lowest BCUT2D eigenvalue weighted by Gasteiger charge is -2.13. The summed E-state index contributed by atoms with van der Waals surface area (Å²) in [6, 6.07) is 9.67. The molecule has 0 spiro atoms. The van der Waals surface area contributed by atoms with Gasteiger partial charge in [-0.2, -0.15) is 9.78 Å². The van der Waals surface area contributed by atoms with Crippen LogP contribution in [0, 0.1) is 0 Å². The van der Waals surface area contributed by atoms with Gasteiger partial charge in [0, 0.05) is 6.20 Å². The number of thioether (sulfide) groups is 1. The van der Waals surface area contributed by atoms with Crippen LogP contribution in [0.25, 0.3) is 28.0 Å². The van der Waals surface area contributed by atoms with Crippen LogP contribution in [0.4, 0.5) is 0 Å². The highest BCUT2D eigenvalue weighted by atomic mass is 35.5. The molecule has 0 amide bonds. The summed E-state index contributed by atoms with van der Waals surface area (Å²) in [7, 11) is 1.27. The number of pyridine rings is 1. The molecule has 0 fully saturated rings. The van der Waals surface area contributed by atoms with Gasteiger partial charge >= 0.3 is 5.97 Å². The van der Waals surface area contributed by atoms with Crippen molar-refractivity contribution in [3.05, 3.63) is 68.7 Å². The van der Waals surface area contributed by atoms with Crippen LogP contribution in [0.2, 0.25) is 10.0 Å². The van der Waals surface area contributed by atoms with Crippen molar-refractivity contribution >= 4 is 51.8 Å². The molecular formula is C20H13Cl2N5O3S. The largest absolute Gasteiger partial charge is 0.464 e. The number of hydrogen-bond donors (Lipinski definition) is 0. The smallest absolute Gasteiger partial charge is 0.356 e. The lowest BCUT2D eigenvalue weighted by atomic mass is 10.2. The Balaban J connectivity index is 2.10. The van der Waals surface area contributed by atoms with E-state index in [1.165, 1.54) is 31.1 Å². The molecule has 4 rings (SSSR count). The topological polar surface area (TPSA) is 99.9 Å². The summed E-state index contributed by atoms with van der Waals surface area (Å²) in [5.41, 5.74) is 0.674. The summed E-state index contributed by atoms with van der Waals surface area (Å²) in [5.74, 6) is -0.604. The van der Waals surface area contributed by atoms with Crippen molar-refractivity contribution in [2.45, 2.75) is 5.16 Å². The van der Waals surface area contributed by atoms with Crippen LogP contribution in [0.5, 0.6) is 0 Å². The van der Waals surface area contributed by atoms with Gasteiger partial charge in [0.2, 0.25) is 0 Å². The van der Waals surface area contributed by atoms with E-state index in [1.54, 1.807) is 30.3 Å². The molecule has 0 aliphatic carbocycles. The molecule has 0 bridgehead atoms. The number of nitrogens with zero attached hydrogens (tertiary/aromatic N) is 5. The Kier molecular flexibility index (Phi) is 5.90. The maximum Gasteiger partial charge on any atom is 0.356 e. The van der Waals surface area contributed by atoms with E-state index in [9.17, 15) is 9.59 Å². The van der Waals surface area contributed by atoms with E-state index >= 15 is 0 Å². The van der Waals surface area contributed by atoms with E-state index in [1.807, 2.05) is 6.26 Å². The van der Waals surface area contributed by atoms with E-state index in [0.29, 0.717) is 16.4 Å². The predicted octanol–water partition coefficient (Wildman–Crippen LogP) is 4.05. The number of hydrogen-bond acceptors (Lipinski definition) is 8. The van der Waals surface area contributed by atoms with Crippen LogP contribution in [0.3, 0.4) is 0 Å². The third-order valence-electron chi connectivity index (χ3n) is 4.33. The lowest BCUT2D eigenvalue weighted by Crippen LogP contribution is -2.24. The number of benzene rings is 1. The molecule has 0 N–H and O–H groups in total. The number of carbonyl (C=O) groups excluding carboxylic acids is 1. The molecule has 156 valence electrons. The number of aromatic nitrogens is 5. The highest BCUT2D eigenvalue weighted by Gasteiger charge is 2.20. The Bertz CT molecular complexity index is 1370. The standard InChI is InChI=1S/C20H13Cl2N5O3S/c1-30-19(29)14-8-4-7-13(24-14)16-15-10(9-23-20(25-15)31-2)18(28)27(26-16)17-11(21)5-3-6-12(17)22/h3-9H,1-2H3. The Morgan fingerprint density at radius 3 is 2.48 bits per heavy atom. The number of carbonyl (C=O) groups is 1. The fraction of sp³-hybridized carbons (Fsp3) is 0.100. The molecule has 1 aromatic carbocycles. The minimum absolute atomic E-state index is 0.0858. The minimum atomic E-state index is -0.604. The zero-order valence-electron chi connectivity index (χ0n) is 16.2. The molecule has 0 saturated carbocycles. The Labute approximate surface area is 190 Å². The Hall–Kier alpha value is -3.01. The third kappa shape index (κ3) is 3.87. The van der Waals surface area contributed by atoms with Crippen molar-refractivity contribution in [1.82, 2.24) is 24.7 Å². The van der Waals surface area contributed by atoms with Crippen molar-refractivity contribution < 1.29 is 9.53 Å². The summed E-state index contributed by atoms with van der Waals surface area (Å²) in [5, 5.41) is 5.62. The highest BCUT2D eigenvalue weighted by molar-refractivity contribution is 7.98. The first kappa shape index (κ1) is 21.2. The second-order valence-corrected chi connectivity index (χ2v) is 7.74. The Morgan fingerprint density at radius 2 is 1.81 bits per heavy atom. The van der Waals surface area contributed by atoms with Gasteiger partial charge in [-0.25, -0.2) is 19.7 Å². The fourth-order valence-electron chi connectivity index (χ4n) is 2.91. The molecule has 8 nitrogen and oxygen atoms in total. The van der Waals surface area contributed by atoms with Gasteiger partial charge in [-0.1, -0.05) is 47.1 Å².